The zero-order valence-corrected chi connectivity index (χ0v) is 11.1. The number of nitrogens with two attached hydrogens (primary N) is 1. The maximum atomic E-state index is 11.7. The molecule has 5 nitrogen and oxygen atoms in total. The van der Waals surface area contributed by atoms with E-state index in [0.29, 0.717) is 18.0 Å². The van der Waals surface area contributed by atoms with Crippen LogP contribution in [0.1, 0.15) is 12.5 Å². The van der Waals surface area contributed by atoms with Gasteiger partial charge in [0.05, 0.1) is 18.9 Å². The fourth-order valence-electron chi connectivity index (χ4n) is 1.58. The number of methoxy groups -OCH3 is 1. The largest absolute Gasteiger partial charge is 0.495 e. The molecule has 0 fully saturated rings. The average Bonchev–Trinajstić information content (AvgIpc) is 2.28. The molecule has 0 spiro atoms. The molecule has 1 rings (SSSR count). The monoisotopic (exact) mass is 253 g/mol. The van der Waals surface area contributed by atoms with Gasteiger partial charge in [0.25, 0.3) is 5.91 Å². The van der Waals surface area contributed by atoms with Crippen molar-refractivity contribution in [2.24, 2.45) is 0 Å². The van der Waals surface area contributed by atoms with Gasteiger partial charge in [0.1, 0.15) is 12.3 Å². The number of quaternary nitrogens is 1. The quantitative estimate of drug-likeness (QED) is 0.662. The zero-order valence-electron chi connectivity index (χ0n) is 11.1. The number of hydrogen-bond donors (Lipinski definition) is 3. The summed E-state index contributed by atoms with van der Waals surface area (Å²) in [5.41, 5.74) is 1.73. The van der Waals surface area contributed by atoms with Crippen molar-refractivity contribution >= 4 is 11.6 Å². The van der Waals surface area contributed by atoms with E-state index >= 15 is 0 Å². The Balaban J connectivity index is 2.55. The van der Waals surface area contributed by atoms with Crippen LogP contribution in [-0.4, -0.2) is 37.3 Å². The summed E-state index contributed by atoms with van der Waals surface area (Å²) in [5, 5.41) is 13.7. The number of aryl methyl sites for hydroxylation is 1. The highest BCUT2D eigenvalue weighted by atomic mass is 16.5. The molecule has 5 heteroatoms. The minimum atomic E-state index is -0.411. The third-order valence-corrected chi connectivity index (χ3v) is 2.47. The van der Waals surface area contributed by atoms with E-state index in [1.165, 1.54) is 0 Å². The van der Waals surface area contributed by atoms with Gasteiger partial charge in [-0.2, -0.15) is 0 Å². The molecule has 0 aliphatic rings. The Bertz CT molecular complexity index is 405. The van der Waals surface area contributed by atoms with Gasteiger partial charge in [0.2, 0.25) is 0 Å². The minimum absolute atomic E-state index is 0.112. The number of anilines is 1. The molecule has 0 saturated carbocycles. The normalized spacial score (nSPS) is 12.0. The number of nitrogens with one attached hydrogen (secondary N) is 1. The molecule has 1 amide bonds. The van der Waals surface area contributed by atoms with E-state index in [1.807, 2.05) is 25.1 Å². The van der Waals surface area contributed by atoms with Crippen molar-refractivity contribution in [2.45, 2.75) is 20.0 Å². The summed E-state index contributed by atoms with van der Waals surface area (Å²) < 4.78 is 5.18. The van der Waals surface area contributed by atoms with Crippen molar-refractivity contribution in [2.75, 3.05) is 25.5 Å². The van der Waals surface area contributed by atoms with Crippen LogP contribution in [0.15, 0.2) is 18.2 Å². The molecule has 100 valence electrons. The van der Waals surface area contributed by atoms with Gasteiger partial charge < -0.3 is 20.5 Å². The van der Waals surface area contributed by atoms with Gasteiger partial charge in [0, 0.05) is 0 Å². The third kappa shape index (κ3) is 4.73. The summed E-state index contributed by atoms with van der Waals surface area (Å²) in [4.78, 5) is 11.7. The first-order valence-electron chi connectivity index (χ1n) is 5.97. The Labute approximate surface area is 107 Å². The molecule has 0 aromatic heterocycles. The van der Waals surface area contributed by atoms with Gasteiger partial charge in [-0.05, 0) is 31.5 Å². The van der Waals surface area contributed by atoms with Gasteiger partial charge in [0.15, 0.2) is 6.54 Å². The Morgan fingerprint density at radius 3 is 2.89 bits per heavy atom. The maximum absolute atomic E-state index is 11.7. The molecule has 0 heterocycles. The summed E-state index contributed by atoms with van der Waals surface area (Å²) in [6.45, 7) is 4.44. The van der Waals surface area contributed by atoms with Gasteiger partial charge in [-0.25, -0.2) is 0 Å². The highest BCUT2D eigenvalue weighted by Crippen LogP contribution is 2.24. The van der Waals surface area contributed by atoms with Crippen LogP contribution >= 0.6 is 0 Å². The number of hydrogen-bond acceptors (Lipinski definition) is 3. The van der Waals surface area contributed by atoms with E-state index in [9.17, 15) is 4.79 Å². The summed E-state index contributed by atoms with van der Waals surface area (Å²) in [7, 11) is 1.57. The molecule has 0 unspecified atom stereocenters. The van der Waals surface area contributed by atoms with Crippen molar-refractivity contribution < 1.29 is 20.0 Å². The van der Waals surface area contributed by atoms with E-state index in [4.69, 9.17) is 9.84 Å². The number of amides is 1. The number of ether oxygens (including phenoxy) is 1. The first kappa shape index (κ1) is 14.5. The second-order valence-corrected chi connectivity index (χ2v) is 4.33. The van der Waals surface area contributed by atoms with Crippen LogP contribution in [0.5, 0.6) is 5.75 Å². The molecular formula is C13H21N2O3+. The second kappa shape index (κ2) is 6.98. The van der Waals surface area contributed by atoms with E-state index in [2.05, 4.69) is 5.32 Å². The summed E-state index contributed by atoms with van der Waals surface area (Å²) >= 11 is 0. The predicted molar refractivity (Wildman–Crippen MR) is 69.7 cm³/mol. The van der Waals surface area contributed by atoms with Crippen LogP contribution in [0.4, 0.5) is 5.69 Å². The smallest absolute Gasteiger partial charge is 0.279 e. The first-order valence-corrected chi connectivity index (χ1v) is 5.97. The fourth-order valence-corrected chi connectivity index (χ4v) is 1.58. The number of aliphatic hydroxyl groups excluding tert-OH is 1. The lowest BCUT2D eigenvalue weighted by molar-refractivity contribution is -0.649. The lowest BCUT2D eigenvalue weighted by Crippen LogP contribution is -2.88. The lowest BCUT2D eigenvalue weighted by Gasteiger charge is -2.10. The van der Waals surface area contributed by atoms with E-state index in [1.54, 1.807) is 19.4 Å². The third-order valence-electron chi connectivity index (χ3n) is 2.47. The van der Waals surface area contributed by atoms with Crippen LogP contribution in [0.2, 0.25) is 0 Å². The molecular weight excluding hydrogens is 232 g/mol. The molecule has 1 aromatic rings. The Morgan fingerprint density at radius 1 is 1.56 bits per heavy atom. The molecule has 4 N–H and O–H groups in total. The molecule has 0 aliphatic heterocycles. The lowest BCUT2D eigenvalue weighted by atomic mass is 10.2. The Morgan fingerprint density at radius 2 is 2.28 bits per heavy atom. The summed E-state index contributed by atoms with van der Waals surface area (Å²) in [5.74, 6) is 0.532. The van der Waals surface area contributed by atoms with E-state index < -0.39 is 6.10 Å². The van der Waals surface area contributed by atoms with Crippen molar-refractivity contribution in [1.29, 1.82) is 0 Å². The van der Waals surface area contributed by atoms with Gasteiger partial charge in [-0.1, -0.05) is 6.07 Å². The SMILES string of the molecule is COc1ccc(C)cc1NC(=O)C[NH2+]C[C@@H](C)O. The Kier molecular flexibility index (Phi) is 5.61. The number of carbonyl (C=O) groups excluding carboxylic acids is 1. The van der Waals surface area contributed by atoms with E-state index in [-0.39, 0.29) is 12.5 Å². The number of carbonyl (C=O) groups is 1. The van der Waals surface area contributed by atoms with Gasteiger partial charge >= 0.3 is 0 Å². The summed E-state index contributed by atoms with van der Waals surface area (Å²) in [6.07, 6.45) is -0.411. The van der Waals surface area contributed by atoms with Crippen LogP contribution in [0.3, 0.4) is 0 Å². The second-order valence-electron chi connectivity index (χ2n) is 4.33. The molecule has 1 aromatic carbocycles. The highest BCUT2D eigenvalue weighted by molar-refractivity contribution is 5.93. The molecule has 0 bridgehead atoms. The number of aliphatic hydroxyl groups is 1. The summed E-state index contributed by atoms with van der Waals surface area (Å²) in [6, 6.07) is 5.61. The number of rotatable bonds is 6. The molecule has 0 saturated heterocycles. The van der Waals surface area contributed by atoms with Crippen LogP contribution in [0, 0.1) is 6.92 Å². The van der Waals surface area contributed by atoms with Gasteiger partial charge in [-0.3, -0.25) is 4.79 Å². The van der Waals surface area contributed by atoms with Crippen molar-refractivity contribution in [3.05, 3.63) is 23.8 Å². The van der Waals surface area contributed by atoms with Crippen molar-refractivity contribution in [3.63, 3.8) is 0 Å². The Hall–Kier alpha value is -1.59. The van der Waals surface area contributed by atoms with Crippen LogP contribution in [-0.2, 0) is 4.79 Å². The predicted octanol–water partition coefficient (Wildman–Crippen LogP) is -0.114. The van der Waals surface area contributed by atoms with Gasteiger partial charge in [-0.15, -0.1) is 0 Å². The highest BCUT2D eigenvalue weighted by Gasteiger charge is 2.09. The minimum Gasteiger partial charge on any atom is -0.495 e. The number of benzene rings is 1. The standard InChI is InChI=1S/C13H20N2O3/c1-9-4-5-12(18-3)11(6-9)15-13(17)8-14-7-10(2)16/h4-6,10,14,16H,7-8H2,1-3H3,(H,15,17)/p+1/t10-/m1/s1. The zero-order chi connectivity index (χ0) is 13.5. The topological polar surface area (TPSA) is 75.2 Å². The molecule has 0 radical (unpaired) electrons. The van der Waals surface area contributed by atoms with Crippen molar-refractivity contribution in [1.82, 2.24) is 0 Å². The average molecular weight is 253 g/mol. The van der Waals surface area contributed by atoms with E-state index in [0.717, 1.165) is 5.56 Å². The molecule has 1 atom stereocenters. The van der Waals surface area contributed by atoms with Crippen molar-refractivity contribution in [3.8, 4) is 5.75 Å². The first-order chi connectivity index (χ1) is 8.52. The maximum Gasteiger partial charge on any atom is 0.279 e. The van der Waals surface area contributed by atoms with Crippen LogP contribution < -0.4 is 15.4 Å². The molecule has 0 aliphatic carbocycles. The molecule has 18 heavy (non-hydrogen) atoms. The fraction of sp³-hybridized carbons (Fsp3) is 0.462. The van der Waals surface area contributed by atoms with Crippen LogP contribution in [0.25, 0.3) is 0 Å².